The molecular weight excluding hydrogens is 383 g/mol. The van der Waals surface area contributed by atoms with Gasteiger partial charge in [0, 0.05) is 33.7 Å². The van der Waals surface area contributed by atoms with E-state index in [9.17, 15) is 4.39 Å². The number of nitrogens with two attached hydrogens (primary N) is 1. The summed E-state index contributed by atoms with van der Waals surface area (Å²) in [6, 6.07) is 11.6. The highest BCUT2D eigenvalue weighted by Crippen LogP contribution is 2.36. The Morgan fingerprint density at radius 2 is 2.11 bits per heavy atom. The van der Waals surface area contributed by atoms with Crippen molar-refractivity contribution in [1.82, 2.24) is 13.9 Å². The van der Waals surface area contributed by atoms with E-state index >= 15 is 0 Å². The summed E-state index contributed by atoms with van der Waals surface area (Å²) in [7, 11) is 3.95. The van der Waals surface area contributed by atoms with E-state index in [1.807, 2.05) is 66.3 Å². The lowest BCUT2D eigenvalue weighted by Crippen LogP contribution is -2.03. The second-order valence-electron chi connectivity index (χ2n) is 6.36. The molecule has 142 valence electrons. The highest BCUT2D eigenvalue weighted by atomic mass is 35.5. The number of aromatic nitrogens is 2. The summed E-state index contributed by atoms with van der Waals surface area (Å²) in [6.07, 6.45) is 1.40. The average Bonchev–Trinajstić information content (AvgIpc) is 2.86. The molecule has 2 aromatic heterocycles. The molecule has 1 aromatic carbocycles. The van der Waals surface area contributed by atoms with Gasteiger partial charge in [-0.25, -0.2) is 9.37 Å². The molecule has 0 fully saturated rings. The highest BCUT2D eigenvalue weighted by Gasteiger charge is 2.18. The van der Waals surface area contributed by atoms with Gasteiger partial charge in [-0.15, -0.1) is 0 Å². The summed E-state index contributed by atoms with van der Waals surface area (Å²) >= 11 is 7.80. The molecule has 0 aliphatic rings. The molecule has 0 aliphatic heterocycles. The van der Waals surface area contributed by atoms with Gasteiger partial charge in [0.25, 0.3) is 0 Å². The third kappa shape index (κ3) is 4.35. The summed E-state index contributed by atoms with van der Waals surface area (Å²) in [5.74, 6) is -0.260. The predicted molar refractivity (Wildman–Crippen MR) is 113 cm³/mol. The quantitative estimate of drug-likeness (QED) is 0.584. The fourth-order valence-electron chi connectivity index (χ4n) is 3.12. The SMILES string of the molecule is Cc1c(-c2cccc(SN(C)C)n2)c2cc(Cl)ccc2n1C/C(F)=C/CN. The van der Waals surface area contributed by atoms with Gasteiger partial charge in [-0.1, -0.05) is 17.7 Å². The van der Waals surface area contributed by atoms with Gasteiger partial charge in [0.15, 0.2) is 0 Å². The molecule has 3 aromatic rings. The van der Waals surface area contributed by atoms with Crippen molar-refractivity contribution in [1.29, 1.82) is 0 Å². The van der Waals surface area contributed by atoms with E-state index in [0.717, 1.165) is 32.9 Å². The van der Waals surface area contributed by atoms with Gasteiger partial charge in [-0.05, 0) is 69.4 Å². The summed E-state index contributed by atoms with van der Waals surface area (Å²) < 4.78 is 18.1. The predicted octanol–water partition coefficient (Wildman–Crippen LogP) is 5.05. The Morgan fingerprint density at radius 1 is 1.33 bits per heavy atom. The number of hydrogen-bond donors (Lipinski definition) is 1. The van der Waals surface area contributed by atoms with Crippen molar-refractivity contribution in [3.8, 4) is 11.3 Å². The standard InChI is InChI=1S/C20H22ClFN4S/c1-13-20(17-5-4-6-19(24-17)27-25(2)3)16-11-14(21)7-8-18(16)26(13)12-15(22)9-10-23/h4-9,11H,10,12,23H2,1-3H3/b15-9-. The fourth-order valence-corrected chi connectivity index (χ4v) is 3.94. The van der Waals surface area contributed by atoms with Gasteiger partial charge in [0.2, 0.25) is 0 Å². The summed E-state index contributed by atoms with van der Waals surface area (Å²) in [4.78, 5) is 4.79. The second kappa shape index (κ2) is 8.44. The topological polar surface area (TPSA) is 47.1 Å². The third-order valence-electron chi connectivity index (χ3n) is 4.19. The molecule has 0 saturated heterocycles. The molecular formula is C20H22ClFN4S. The normalized spacial score (nSPS) is 12.3. The number of allylic oxidation sites excluding steroid dienone is 1. The average molecular weight is 405 g/mol. The van der Waals surface area contributed by atoms with Gasteiger partial charge >= 0.3 is 0 Å². The maximum Gasteiger partial charge on any atom is 0.117 e. The van der Waals surface area contributed by atoms with E-state index in [1.54, 1.807) is 11.9 Å². The summed E-state index contributed by atoms with van der Waals surface area (Å²) in [5, 5.41) is 2.49. The van der Waals surface area contributed by atoms with E-state index in [0.29, 0.717) is 5.02 Å². The Bertz CT molecular complexity index is 997. The molecule has 0 saturated carbocycles. The Labute approximate surface area is 168 Å². The minimum absolute atomic E-state index is 0.132. The zero-order valence-corrected chi connectivity index (χ0v) is 17.1. The molecule has 2 N–H and O–H groups in total. The van der Waals surface area contributed by atoms with Crippen LogP contribution in [-0.2, 0) is 6.54 Å². The first-order valence-electron chi connectivity index (χ1n) is 8.56. The van der Waals surface area contributed by atoms with E-state index < -0.39 is 0 Å². The van der Waals surface area contributed by atoms with Crippen molar-refractivity contribution in [2.45, 2.75) is 18.5 Å². The van der Waals surface area contributed by atoms with Crippen LogP contribution < -0.4 is 5.73 Å². The maximum atomic E-state index is 14.2. The molecule has 2 heterocycles. The number of halogens is 2. The fraction of sp³-hybridized carbons (Fsp3) is 0.250. The minimum Gasteiger partial charge on any atom is -0.337 e. The molecule has 0 aliphatic carbocycles. The second-order valence-corrected chi connectivity index (χ2v) is 8.13. The molecule has 0 radical (unpaired) electrons. The van der Waals surface area contributed by atoms with Crippen LogP contribution in [0.5, 0.6) is 0 Å². The molecule has 27 heavy (non-hydrogen) atoms. The Kier molecular flexibility index (Phi) is 6.22. The monoisotopic (exact) mass is 404 g/mol. The van der Waals surface area contributed by atoms with Crippen molar-refractivity contribution in [2.24, 2.45) is 5.73 Å². The zero-order valence-electron chi connectivity index (χ0n) is 15.5. The maximum absolute atomic E-state index is 14.2. The molecule has 4 nitrogen and oxygen atoms in total. The highest BCUT2D eigenvalue weighted by molar-refractivity contribution is 7.96. The van der Waals surface area contributed by atoms with Crippen molar-refractivity contribution >= 4 is 34.5 Å². The third-order valence-corrected chi connectivity index (χ3v) is 5.20. The van der Waals surface area contributed by atoms with Crippen molar-refractivity contribution < 1.29 is 4.39 Å². The van der Waals surface area contributed by atoms with Crippen molar-refractivity contribution in [3.63, 3.8) is 0 Å². The Hall–Kier alpha value is -1.86. The lowest BCUT2D eigenvalue weighted by Gasteiger charge is -2.10. The van der Waals surface area contributed by atoms with Crippen LogP contribution in [0.4, 0.5) is 4.39 Å². The van der Waals surface area contributed by atoms with Crippen LogP contribution in [0.25, 0.3) is 22.2 Å². The first kappa shape index (κ1) is 19.9. The van der Waals surface area contributed by atoms with Crippen molar-refractivity contribution in [3.05, 3.63) is 59.0 Å². The van der Waals surface area contributed by atoms with Gasteiger partial charge in [-0.3, -0.25) is 4.31 Å². The lowest BCUT2D eigenvalue weighted by molar-refractivity contribution is 0.555. The van der Waals surface area contributed by atoms with Gasteiger partial charge in [-0.2, -0.15) is 0 Å². The Balaban J connectivity index is 2.19. The van der Waals surface area contributed by atoms with Crippen LogP contribution in [0.2, 0.25) is 5.02 Å². The van der Waals surface area contributed by atoms with Crippen LogP contribution in [-0.4, -0.2) is 34.5 Å². The zero-order chi connectivity index (χ0) is 19.6. The number of benzene rings is 1. The lowest BCUT2D eigenvalue weighted by atomic mass is 10.1. The number of nitrogens with zero attached hydrogens (tertiary/aromatic N) is 3. The minimum atomic E-state index is -0.260. The van der Waals surface area contributed by atoms with Crippen LogP contribution in [0, 0.1) is 6.92 Å². The number of fused-ring (bicyclic) bond motifs is 1. The first-order valence-corrected chi connectivity index (χ1v) is 9.71. The molecule has 7 heteroatoms. The van der Waals surface area contributed by atoms with E-state index in [1.165, 1.54) is 6.08 Å². The van der Waals surface area contributed by atoms with E-state index in [2.05, 4.69) is 0 Å². The number of rotatable bonds is 6. The molecule has 0 amide bonds. The summed E-state index contributed by atoms with van der Waals surface area (Å²) in [6.45, 7) is 2.29. The van der Waals surface area contributed by atoms with Crippen molar-refractivity contribution in [2.75, 3.05) is 20.6 Å². The number of hydrogen-bond acceptors (Lipinski definition) is 4. The molecule has 3 rings (SSSR count). The Morgan fingerprint density at radius 3 is 2.81 bits per heavy atom. The van der Waals surface area contributed by atoms with Crippen LogP contribution >= 0.6 is 23.5 Å². The van der Waals surface area contributed by atoms with Gasteiger partial charge in [0.1, 0.15) is 10.9 Å². The van der Waals surface area contributed by atoms with E-state index in [4.69, 9.17) is 22.3 Å². The van der Waals surface area contributed by atoms with Crippen LogP contribution in [0.15, 0.2) is 53.3 Å². The van der Waals surface area contributed by atoms with Gasteiger partial charge < -0.3 is 10.3 Å². The first-order chi connectivity index (χ1) is 12.9. The smallest absolute Gasteiger partial charge is 0.117 e. The van der Waals surface area contributed by atoms with Crippen LogP contribution in [0.1, 0.15) is 5.69 Å². The molecule has 0 bridgehead atoms. The van der Waals surface area contributed by atoms with E-state index in [-0.39, 0.29) is 18.9 Å². The van der Waals surface area contributed by atoms with Gasteiger partial charge in [0.05, 0.1) is 12.2 Å². The molecule has 0 unspecified atom stereocenters. The molecule has 0 atom stereocenters. The summed E-state index contributed by atoms with van der Waals surface area (Å²) in [5.41, 5.74) is 9.11. The van der Waals surface area contributed by atoms with Crippen LogP contribution in [0.3, 0.4) is 0 Å². The molecule has 0 spiro atoms. The largest absolute Gasteiger partial charge is 0.337 e. The number of pyridine rings is 1.